The highest BCUT2D eigenvalue weighted by Crippen LogP contribution is 2.20. The van der Waals surface area contributed by atoms with Gasteiger partial charge in [-0.05, 0) is 37.9 Å². The SMILES string of the molecule is CN=C(NCCCN1CCN(c2ccccc2F)CC1)NC1CCN(C(=O)C(C)C)CC1. The molecular weight excluding hydrogens is 407 g/mol. The number of amides is 1. The molecule has 3 rings (SSSR count). The number of halogens is 1. The summed E-state index contributed by atoms with van der Waals surface area (Å²) < 4.78 is 14.0. The van der Waals surface area contributed by atoms with E-state index >= 15 is 0 Å². The number of hydrogen-bond acceptors (Lipinski definition) is 4. The van der Waals surface area contributed by atoms with Crippen LogP contribution in [0.15, 0.2) is 29.3 Å². The van der Waals surface area contributed by atoms with Crippen molar-refractivity contribution in [3.8, 4) is 0 Å². The first-order valence-electron chi connectivity index (χ1n) is 12.0. The summed E-state index contributed by atoms with van der Waals surface area (Å²) in [5, 5.41) is 6.93. The third-order valence-electron chi connectivity index (χ3n) is 6.37. The second-order valence-corrected chi connectivity index (χ2v) is 9.03. The number of anilines is 1. The van der Waals surface area contributed by atoms with E-state index in [1.54, 1.807) is 13.1 Å². The molecule has 0 atom stereocenters. The maximum Gasteiger partial charge on any atom is 0.225 e. The molecule has 178 valence electrons. The lowest BCUT2D eigenvalue weighted by Crippen LogP contribution is -2.50. The molecule has 2 aliphatic rings. The van der Waals surface area contributed by atoms with Crippen LogP contribution in [0.4, 0.5) is 10.1 Å². The van der Waals surface area contributed by atoms with E-state index in [-0.39, 0.29) is 17.6 Å². The van der Waals surface area contributed by atoms with Crippen molar-refractivity contribution >= 4 is 17.6 Å². The van der Waals surface area contributed by atoms with Crippen LogP contribution in [0.2, 0.25) is 0 Å². The van der Waals surface area contributed by atoms with Crippen molar-refractivity contribution < 1.29 is 9.18 Å². The Morgan fingerprint density at radius 3 is 2.44 bits per heavy atom. The molecule has 1 amide bonds. The zero-order valence-electron chi connectivity index (χ0n) is 19.8. The number of aliphatic imine (C=N–C) groups is 1. The standard InChI is InChI=1S/C24H39FN6O/c1-19(2)23(32)31-13-9-20(10-14-31)28-24(26-3)27-11-6-12-29-15-17-30(18-16-29)22-8-5-4-7-21(22)25/h4-5,7-8,19-20H,6,9-18H2,1-3H3,(H2,26,27,28). The molecule has 32 heavy (non-hydrogen) atoms. The van der Waals surface area contributed by atoms with Crippen LogP contribution in [0.5, 0.6) is 0 Å². The predicted octanol–water partition coefficient (Wildman–Crippen LogP) is 2.15. The molecular formula is C24H39FN6O. The van der Waals surface area contributed by atoms with Crippen LogP contribution < -0.4 is 15.5 Å². The van der Waals surface area contributed by atoms with Crippen LogP contribution in [0.3, 0.4) is 0 Å². The van der Waals surface area contributed by atoms with E-state index < -0.39 is 0 Å². The molecule has 0 radical (unpaired) electrons. The molecule has 2 aliphatic heterocycles. The fourth-order valence-corrected chi connectivity index (χ4v) is 4.43. The third-order valence-corrected chi connectivity index (χ3v) is 6.37. The van der Waals surface area contributed by atoms with Gasteiger partial charge in [-0.25, -0.2) is 4.39 Å². The average molecular weight is 447 g/mol. The monoisotopic (exact) mass is 446 g/mol. The number of rotatable bonds is 7. The van der Waals surface area contributed by atoms with Gasteiger partial charge in [-0.2, -0.15) is 0 Å². The summed E-state index contributed by atoms with van der Waals surface area (Å²) in [4.78, 5) is 23.1. The first-order valence-corrected chi connectivity index (χ1v) is 12.0. The Morgan fingerprint density at radius 2 is 1.81 bits per heavy atom. The van der Waals surface area contributed by atoms with E-state index in [1.807, 2.05) is 30.9 Å². The van der Waals surface area contributed by atoms with Gasteiger partial charge in [0.2, 0.25) is 5.91 Å². The van der Waals surface area contributed by atoms with Gasteiger partial charge in [0.05, 0.1) is 5.69 Å². The van der Waals surface area contributed by atoms with Crippen LogP contribution in [-0.4, -0.2) is 87.1 Å². The molecule has 0 unspecified atom stereocenters. The largest absolute Gasteiger partial charge is 0.367 e. The first kappa shape index (κ1) is 24.3. The van der Waals surface area contributed by atoms with E-state index in [0.717, 1.165) is 77.6 Å². The molecule has 0 aliphatic carbocycles. The number of para-hydroxylation sites is 1. The number of guanidine groups is 1. The molecule has 2 N–H and O–H groups in total. The minimum Gasteiger partial charge on any atom is -0.367 e. The van der Waals surface area contributed by atoms with Crippen molar-refractivity contribution in [3.63, 3.8) is 0 Å². The van der Waals surface area contributed by atoms with Gasteiger partial charge in [-0.3, -0.25) is 14.7 Å². The lowest BCUT2D eigenvalue weighted by molar-refractivity contribution is -0.135. The lowest BCUT2D eigenvalue weighted by Gasteiger charge is -2.36. The van der Waals surface area contributed by atoms with Crippen molar-refractivity contribution in [1.82, 2.24) is 20.4 Å². The number of carbonyl (C=O) groups excluding carboxylic acids is 1. The minimum atomic E-state index is -0.138. The number of piperazine rings is 1. The van der Waals surface area contributed by atoms with Crippen LogP contribution in [-0.2, 0) is 4.79 Å². The number of piperidine rings is 1. The van der Waals surface area contributed by atoms with Crippen molar-refractivity contribution in [1.29, 1.82) is 0 Å². The van der Waals surface area contributed by atoms with Gasteiger partial charge in [0.15, 0.2) is 5.96 Å². The fourth-order valence-electron chi connectivity index (χ4n) is 4.43. The third kappa shape index (κ3) is 6.82. The number of likely N-dealkylation sites (tertiary alicyclic amines) is 1. The zero-order chi connectivity index (χ0) is 22.9. The molecule has 2 saturated heterocycles. The molecule has 0 saturated carbocycles. The molecule has 1 aromatic rings. The van der Waals surface area contributed by atoms with Crippen molar-refractivity contribution in [2.75, 3.05) is 64.3 Å². The Labute approximate surface area is 192 Å². The van der Waals surface area contributed by atoms with Crippen LogP contribution in [0.1, 0.15) is 33.1 Å². The maximum atomic E-state index is 14.0. The van der Waals surface area contributed by atoms with Gasteiger partial charge in [-0.1, -0.05) is 26.0 Å². The number of benzene rings is 1. The van der Waals surface area contributed by atoms with Gasteiger partial charge in [0, 0.05) is 64.8 Å². The van der Waals surface area contributed by atoms with Crippen LogP contribution in [0, 0.1) is 11.7 Å². The average Bonchev–Trinajstić information content (AvgIpc) is 2.81. The summed E-state index contributed by atoms with van der Waals surface area (Å²) in [5.74, 6) is 1.02. The summed E-state index contributed by atoms with van der Waals surface area (Å²) in [5.41, 5.74) is 0.711. The Hall–Kier alpha value is -2.35. The topological polar surface area (TPSA) is 63.2 Å². The van der Waals surface area contributed by atoms with E-state index in [1.165, 1.54) is 6.07 Å². The molecule has 0 aromatic heterocycles. The number of carbonyl (C=O) groups is 1. The normalized spacial score (nSPS) is 18.8. The summed E-state index contributed by atoms with van der Waals surface area (Å²) in [6.07, 6.45) is 2.93. The maximum absolute atomic E-state index is 14.0. The summed E-state index contributed by atoms with van der Waals surface area (Å²) in [6, 6.07) is 7.37. The zero-order valence-corrected chi connectivity index (χ0v) is 19.8. The molecule has 2 heterocycles. The quantitative estimate of drug-likeness (QED) is 0.382. The Kier molecular flexibility index (Phi) is 9.14. The number of nitrogens with one attached hydrogen (secondary N) is 2. The molecule has 0 spiro atoms. The van der Waals surface area contributed by atoms with E-state index in [0.29, 0.717) is 11.7 Å². The highest BCUT2D eigenvalue weighted by Gasteiger charge is 2.24. The minimum absolute atomic E-state index is 0.0661. The predicted molar refractivity (Wildman–Crippen MR) is 129 cm³/mol. The van der Waals surface area contributed by atoms with Crippen molar-refractivity contribution in [2.24, 2.45) is 10.9 Å². The van der Waals surface area contributed by atoms with Crippen LogP contribution >= 0.6 is 0 Å². The Balaban J connectivity index is 1.30. The van der Waals surface area contributed by atoms with Crippen molar-refractivity contribution in [3.05, 3.63) is 30.1 Å². The Morgan fingerprint density at radius 1 is 1.12 bits per heavy atom. The Bertz CT molecular complexity index is 755. The number of nitrogens with zero attached hydrogens (tertiary/aromatic N) is 4. The van der Waals surface area contributed by atoms with Gasteiger partial charge >= 0.3 is 0 Å². The van der Waals surface area contributed by atoms with E-state index in [9.17, 15) is 9.18 Å². The lowest BCUT2D eigenvalue weighted by atomic mass is 10.0. The van der Waals surface area contributed by atoms with Gasteiger partial charge < -0.3 is 20.4 Å². The second kappa shape index (κ2) is 12.0. The van der Waals surface area contributed by atoms with E-state index in [4.69, 9.17) is 0 Å². The summed E-state index contributed by atoms with van der Waals surface area (Å²) in [7, 11) is 1.80. The molecule has 8 heteroatoms. The summed E-state index contributed by atoms with van der Waals surface area (Å²) >= 11 is 0. The van der Waals surface area contributed by atoms with Crippen molar-refractivity contribution in [2.45, 2.75) is 39.2 Å². The highest BCUT2D eigenvalue weighted by molar-refractivity contribution is 5.80. The molecule has 1 aromatic carbocycles. The van der Waals surface area contributed by atoms with Gasteiger partial charge in [0.25, 0.3) is 0 Å². The molecule has 0 bridgehead atoms. The second-order valence-electron chi connectivity index (χ2n) is 9.03. The number of hydrogen-bond donors (Lipinski definition) is 2. The van der Waals surface area contributed by atoms with Gasteiger partial charge in [0.1, 0.15) is 5.82 Å². The van der Waals surface area contributed by atoms with E-state index in [2.05, 4.69) is 25.4 Å². The summed E-state index contributed by atoms with van der Waals surface area (Å²) in [6.45, 7) is 11.0. The van der Waals surface area contributed by atoms with Gasteiger partial charge in [-0.15, -0.1) is 0 Å². The smallest absolute Gasteiger partial charge is 0.225 e. The highest BCUT2D eigenvalue weighted by atomic mass is 19.1. The molecule has 2 fully saturated rings. The fraction of sp³-hybridized carbons (Fsp3) is 0.667. The molecule has 7 nitrogen and oxygen atoms in total. The first-order chi connectivity index (χ1) is 15.5. The van der Waals surface area contributed by atoms with Crippen LogP contribution in [0.25, 0.3) is 0 Å².